The fraction of sp³-hybridized carbons (Fsp3) is 0.167. The van der Waals surface area contributed by atoms with Gasteiger partial charge in [0.2, 0.25) is 9.47 Å². The van der Waals surface area contributed by atoms with Gasteiger partial charge in [-0.15, -0.1) is 10.2 Å². The highest BCUT2D eigenvalue weighted by Gasteiger charge is 2.24. The largest absolute Gasteiger partial charge is 0.296 e. The van der Waals surface area contributed by atoms with Crippen LogP contribution in [0.25, 0.3) is 0 Å². The summed E-state index contributed by atoms with van der Waals surface area (Å²) in [6, 6.07) is 11.5. The van der Waals surface area contributed by atoms with E-state index in [1.165, 1.54) is 18.2 Å². The van der Waals surface area contributed by atoms with E-state index < -0.39 is 22.0 Å². The maximum atomic E-state index is 12.6. The normalized spacial score (nSPS) is 12.6. The third-order valence-electron chi connectivity index (χ3n) is 3.94. The van der Waals surface area contributed by atoms with Crippen LogP contribution in [0.1, 0.15) is 34.5 Å². The Morgan fingerprint density at radius 2 is 1.79 bits per heavy atom. The van der Waals surface area contributed by atoms with Gasteiger partial charge in [-0.25, -0.2) is 13.1 Å². The smallest absolute Gasteiger partial charge is 0.270 e. The summed E-state index contributed by atoms with van der Waals surface area (Å²) >= 11 is 12.6. The molecule has 0 saturated heterocycles. The molecule has 0 fully saturated rings. The molecule has 29 heavy (non-hydrogen) atoms. The molecule has 152 valence electrons. The van der Waals surface area contributed by atoms with Crippen molar-refractivity contribution < 1.29 is 13.2 Å². The van der Waals surface area contributed by atoms with Crippen molar-refractivity contribution in [1.82, 2.24) is 14.9 Å². The number of amides is 1. The lowest BCUT2D eigenvalue weighted by Gasteiger charge is -2.13. The van der Waals surface area contributed by atoms with Crippen LogP contribution < -0.4 is 10.0 Å². The zero-order valence-electron chi connectivity index (χ0n) is 15.3. The number of sulfonamides is 1. The zero-order valence-corrected chi connectivity index (χ0v) is 18.5. The summed E-state index contributed by atoms with van der Waals surface area (Å²) in [6.45, 7) is 3.68. The minimum Gasteiger partial charge on any atom is -0.296 e. The fourth-order valence-electron chi connectivity index (χ4n) is 2.41. The van der Waals surface area contributed by atoms with Gasteiger partial charge in [-0.2, -0.15) is 0 Å². The molecule has 7 nitrogen and oxygen atoms in total. The number of nitrogens with one attached hydrogen (secondary N) is 2. The number of benzene rings is 2. The molecule has 0 spiro atoms. The van der Waals surface area contributed by atoms with Crippen molar-refractivity contribution >= 4 is 55.6 Å². The van der Waals surface area contributed by atoms with Gasteiger partial charge in [0.1, 0.15) is 0 Å². The van der Waals surface area contributed by atoms with E-state index in [0.29, 0.717) is 5.02 Å². The van der Waals surface area contributed by atoms with Gasteiger partial charge in [0, 0.05) is 11.1 Å². The van der Waals surface area contributed by atoms with Gasteiger partial charge >= 0.3 is 0 Å². The van der Waals surface area contributed by atoms with E-state index in [1.54, 1.807) is 6.92 Å². The van der Waals surface area contributed by atoms with E-state index in [4.69, 9.17) is 23.2 Å². The second-order valence-electron chi connectivity index (χ2n) is 6.21. The van der Waals surface area contributed by atoms with Gasteiger partial charge in [-0.05, 0) is 37.6 Å². The van der Waals surface area contributed by atoms with Crippen LogP contribution in [-0.2, 0) is 10.0 Å². The van der Waals surface area contributed by atoms with E-state index in [9.17, 15) is 13.2 Å². The van der Waals surface area contributed by atoms with Crippen molar-refractivity contribution in [3.8, 4) is 0 Å². The Kier molecular flexibility index (Phi) is 6.55. The molecule has 0 bridgehead atoms. The van der Waals surface area contributed by atoms with Crippen molar-refractivity contribution in [2.75, 3.05) is 5.32 Å². The van der Waals surface area contributed by atoms with Crippen LogP contribution in [0.4, 0.5) is 5.13 Å². The standard InChI is InChI=1S/C18H16Cl2N4O3S2/c1-10-3-5-12(6-4-10)11(2)24-29(26,27)18-23-22-17(28-18)21-16(25)14-8-7-13(19)9-15(14)20/h3-9,11,24H,1-2H3,(H,21,22,25)/t11-/m1/s1. The van der Waals surface area contributed by atoms with Crippen LogP contribution in [0.2, 0.25) is 10.0 Å². The third kappa shape index (κ3) is 5.31. The molecule has 1 aromatic heterocycles. The number of carbonyl (C=O) groups excluding carboxylic acids is 1. The molecule has 2 aromatic carbocycles. The molecule has 11 heteroatoms. The number of rotatable bonds is 6. The summed E-state index contributed by atoms with van der Waals surface area (Å²) in [7, 11) is -3.91. The monoisotopic (exact) mass is 470 g/mol. The first-order valence-electron chi connectivity index (χ1n) is 8.34. The van der Waals surface area contributed by atoms with E-state index in [2.05, 4.69) is 20.2 Å². The molecule has 0 aliphatic carbocycles. The molecule has 0 saturated carbocycles. The van der Waals surface area contributed by atoms with Gasteiger partial charge < -0.3 is 0 Å². The van der Waals surface area contributed by atoms with Crippen molar-refractivity contribution in [1.29, 1.82) is 0 Å². The number of anilines is 1. The Morgan fingerprint density at radius 3 is 2.45 bits per heavy atom. The van der Waals surface area contributed by atoms with Gasteiger partial charge in [-0.3, -0.25) is 10.1 Å². The Morgan fingerprint density at radius 1 is 1.10 bits per heavy atom. The van der Waals surface area contributed by atoms with Gasteiger partial charge in [0.25, 0.3) is 15.9 Å². The highest BCUT2D eigenvalue weighted by Crippen LogP contribution is 2.25. The van der Waals surface area contributed by atoms with E-state index >= 15 is 0 Å². The van der Waals surface area contributed by atoms with Crippen LogP contribution in [0.5, 0.6) is 0 Å². The lowest BCUT2D eigenvalue weighted by Crippen LogP contribution is -2.26. The lowest BCUT2D eigenvalue weighted by molar-refractivity contribution is 0.102. The zero-order chi connectivity index (χ0) is 21.2. The van der Waals surface area contributed by atoms with Crippen molar-refractivity contribution in [3.05, 3.63) is 69.2 Å². The van der Waals surface area contributed by atoms with E-state index in [1.807, 2.05) is 31.2 Å². The lowest BCUT2D eigenvalue weighted by atomic mass is 10.1. The molecule has 1 amide bonds. The number of hydrogen-bond donors (Lipinski definition) is 2. The number of nitrogens with zero attached hydrogens (tertiary/aromatic N) is 2. The second-order valence-corrected chi connectivity index (χ2v) is 9.91. The molecule has 1 heterocycles. The Bertz CT molecular complexity index is 1150. The summed E-state index contributed by atoms with van der Waals surface area (Å²) in [5.41, 5.74) is 2.07. The average molecular weight is 471 g/mol. The van der Waals surface area contributed by atoms with E-state index in [0.717, 1.165) is 22.5 Å². The Hall–Kier alpha value is -2.04. The molecular weight excluding hydrogens is 455 g/mol. The number of carbonyl (C=O) groups is 1. The molecule has 1 atom stereocenters. The highest BCUT2D eigenvalue weighted by molar-refractivity contribution is 7.91. The number of aromatic nitrogens is 2. The summed E-state index contributed by atoms with van der Waals surface area (Å²) in [5.74, 6) is -0.548. The average Bonchev–Trinajstić information content (AvgIpc) is 3.11. The molecule has 0 radical (unpaired) electrons. The number of aryl methyl sites for hydroxylation is 1. The van der Waals surface area contributed by atoms with Gasteiger partial charge in [0.05, 0.1) is 10.6 Å². The summed E-state index contributed by atoms with van der Waals surface area (Å²) in [6.07, 6.45) is 0. The summed E-state index contributed by atoms with van der Waals surface area (Å²) in [4.78, 5) is 12.3. The molecule has 0 aliphatic heterocycles. The van der Waals surface area contributed by atoms with Crippen LogP contribution in [0, 0.1) is 6.92 Å². The van der Waals surface area contributed by atoms with Crippen molar-refractivity contribution in [2.45, 2.75) is 24.2 Å². The quantitative estimate of drug-likeness (QED) is 0.518. The van der Waals surface area contributed by atoms with Crippen LogP contribution in [-0.4, -0.2) is 24.5 Å². The summed E-state index contributed by atoms with van der Waals surface area (Å²) < 4.78 is 27.5. The molecule has 3 rings (SSSR count). The fourth-order valence-corrected chi connectivity index (χ4v) is 5.05. The molecule has 3 aromatic rings. The van der Waals surface area contributed by atoms with Crippen LogP contribution >= 0.6 is 34.5 Å². The van der Waals surface area contributed by atoms with Crippen molar-refractivity contribution in [2.24, 2.45) is 0 Å². The summed E-state index contributed by atoms with van der Waals surface area (Å²) in [5, 5.41) is 10.5. The van der Waals surface area contributed by atoms with Gasteiger partial charge in [-0.1, -0.05) is 64.4 Å². The third-order valence-corrected chi connectivity index (χ3v) is 7.24. The van der Waals surface area contributed by atoms with E-state index in [-0.39, 0.29) is 20.1 Å². The maximum Gasteiger partial charge on any atom is 0.270 e. The minimum atomic E-state index is -3.91. The van der Waals surface area contributed by atoms with Crippen LogP contribution in [0.3, 0.4) is 0 Å². The van der Waals surface area contributed by atoms with Crippen LogP contribution in [0.15, 0.2) is 46.8 Å². The minimum absolute atomic E-state index is 0.0318. The molecule has 2 N–H and O–H groups in total. The second kappa shape index (κ2) is 8.76. The van der Waals surface area contributed by atoms with Gasteiger partial charge in [0.15, 0.2) is 0 Å². The highest BCUT2D eigenvalue weighted by atomic mass is 35.5. The maximum absolute atomic E-state index is 12.6. The molecular formula is C18H16Cl2N4O3S2. The number of halogens is 2. The predicted octanol–water partition coefficient (Wildman–Crippen LogP) is 4.45. The molecule has 0 aliphatic rings. The first kappa shape index (κ1) is 21.7. The molecule has 0 unspecified atom stereocenters. The topological polar surface area (TPSA) is 101 Å². The van der Waals surface area contributed by atoms with Crippen molar-refractivity contribution in [3.63, 3.8) is 0 Å². The predicted molar refractivity (Wildman–Crippen MR) is 114 cm³/mol. The Balaban J connectivity index is 1.72. The first-order chi connectivity index (χ1) is 13.7. The SMILES string of the molecule is Cc1ccc([C@@H](C)NS(=O)(=O)c2nnc(NC(=O)c3ccc(Cl)cc3Cl)s2)cc1. The number of hydrogen-bond acceptors (Lipinski definition) is 6. The first-order valence-corrected chi connectivity index (χ1v) is 11.4. The Labute approximate surface area is 182 Å².